The largest absolute Gasteiger partial charge is 0.497 e. The number of benzene rings is 1. The second-order valence-electron chi connectivity index (χ2n) is 2.99. The number of halogens is 1. The van der Waals surface area contributed by atoms with Gasteiger partial charge in [0.15, 0.2) is 0 Å². The summed E-state index contributed by atoms with van der Waals surface area (Å²) in [5, 5.41) is 9.10. The Labute approximate surface area is 92.3 Å². The molecule has 1 rings (SSSR count). The Bertz CT molecular complexity index is 332. The second-order valence-corrected chi connectivity index (χ2v) is 3.84. The molecule has 1 aromatic rings. The van der Waals surface area contributed by atoms with E-state index in [-0.39, 0.29) is 0 Å². The first kappa shape index (κ1) is 11.3. The maximum Gasteiger partial charge on any atom is 0.119 e. The first-order chi connectivity index (χ1) is 6.63. The number of aliphatic hydroxyl groups is 1. The van der Waals surface area contributed by atoms with Crippen LogP contribution in [-0.2, 0) is 0 Å². The number of ether oxygens (including phenoxy) is 1. The molecule has 1 atom stereocenters. The van der Waals surface area contributed by atoms with Gasteiger partial charge in [-0.25, -0.2) is 0 Å². The van der Waals surface area contributed by atoms with Gasteiger partial charge < -0.3 is 9.84 Å². The third-order valence-corrected chi connectivity index (χ3v) is 2.48. The lowest BCUT2D eigenvalue weighted by Crippen LogP contribution is -1.91. The molecule has 0 spiro atoms. The fourth-order valence-electron chi connectivity index (χ4n) is 1.02. The molecule has 0 heterocycles. The van der Waals surface area contributed by atoms with Crippen molar-refractivity contribution in [3.63, 3.8) is 0 Å². The highest BCUT2D eigenvalue weighted by molar-refractivity contribution is 9.10. The van der Waals surface area contributed by atoms with Crippen LogP contribution < -0.4 is 4.74 Å². The highest BCUT2D eigenvalue weighted by atomic mass is 79.9. The lowest BCUT2D eigenvalue weighted by atomic mass is 10.2. The van der Waals surface area contributed by atoms with E-state index < -0.39 is 6.10 Å². The van der Waals surface area contributed by atoms with Crippen LogP contribution in [0.1, 0.15) is 12.5 Å². The van der Waals surface area contributed by atoms with Crippen LogP contribution in [0.2, 0.25) is 0 Å². The number of hydrogen-bond acceptors (Lipinski definition) is 2. The van der Waals surface area contributed by atoms with Gasteiger partial charge in [0, 0.05) is 4.47 Å². The van der Waals surface area contributed by atoms with Crippen molar-refractivity contribution in [2.45, 2.75) is 13.0 Å². The molecule has 1 N–H and O–H groups in total. The lowest BCUT2D eigenvalue weighted by Gasteiger charge is -2.03. The predicted molar refractivity (Wildman–Crippen MR) is 61.4 cm³/mol. The zero-order chi connectivity index (χ0) is 10.6. The van der Waals surface area contributed by atoms with Crippen molar-refractivity contribution in [3.8, 4) is 5.75 Å². The molecular formula is C11H13BrO2. The Kier molecular flexibility index (Phi) is 4.17. The topological polar surface area (TPSA) is 29.5 Å². The van der Waals surface area contributed by atoms with Crippen molar-refractivity contribution < 1.29 is 9.84 Å². The molecule has 0 aromatic heterocycles. The van der Waals surface area contributed by atoms with Crippen molar-refractivity contribution >= 4 is 22.0 Å². The van der Waals surface area contributed by atoms with Gasteiger partial charge in [-0.05, 0) is 30.7 Å². The molecule has 0 saturated carbocycles. The van der Waals surface area contributed by atoms with E-state index in [1.54, 1.807) is 20.1 Å². The number of aliphatic hydroxyl groups excluding tert-OH is 1. The maximum absolute atomic E-state index is 9.10. The standard InChI is InChI=1S/C11H13BrO2/c1-8(13)3-4-9-7-10(14-2)5-6-11(9)12/h3-8,13H,1-2H3/b4-3+/t8-/m0/s1. The Morgan fingerprint density at radius 3 is 2.79 bits per heavy atom. The molecule has 0 bridgehead atoms. The van der Waals surface area contributed by atoms with Gasteiger partial charge in [0.1, 0.15) is 5.75 Å². The van der Waals surface area contributed by atoms with Crippen LogP contribution in [0.15, 0.2) is 28.7 Å². The fraction of sp³-hybridized carbons (Fsp3) is 0.273. The average molecular weight is 257 g/mol. The quantitative estimate of drug-likeness (QED) is 0.902. The Hall–Kier alpha value is -0.800. The number of hydrogen-bond donors (Lipinski definition) is 1. The summed E-state index contributed by atoms with van der Waals surface area (Å²) in [7, 11) is 1.63. The summed E-state index contributed by atoms with van der Waals surface area (Å²) in [6.07, 6.45) is 3.14. The highest BCUT2D eigenvalue weighted by Gasteiger charge is 1.98. The van der Waals surface area contributed by atoms with Crippen molar-refractivity contribution in [1.82, 2.24) is 0 Å². The van der Waals surface area contributed by atoms with E-state index in [4.69, 9.17) is 9.84 Å². The van der Waals surface area contributed by atoms with Crippen LogP contribution in [0, 0.1) is 0 Å². The SMILES string of the molecule is COc1ccc(Br)c(/C=C/[C@H](C)O)c1. The molecule has 0 radical (unpaired) electrons. The molecule has 0 aliphatic heterocycles. The molecule has 3 heteroatoms. The number of methoxy groups -OCH3 is 1. The van der Waals surface area contributed by atoms with Crippen LogP contribution in [-0.4, -0.2) is 18.3 Å². The minimum absolute atomic E-state index is 0.437. The zero-order valence-corrected chi connectivity index (χ0v) is 9.78. The third-order valence-electron chi connectivity index (χ3n) is 1.76. The molecular weight excluding hydrogens is 244 g/mol. The maximum atomic E-state index is 9.10. The molecule has 0 aliphatic carbocycles. The summed E-state index contributed by atoms with van der Waals surface area (Å²) >= 11 is 3.42. The zero-order valence-electron chi connectivity index (χ0n) is 8.20. The van der Waals surface area contributed by atoms with Gasteiger partial charge >= 0.3 is 0 Å². The van der Waals surface area contributed by atoms with E-state index in [9.17, 15) is 0 Å². The van der Waals surface area contributed by atoms with Crippen LogP contribution in [0.4, 0.5) is 0 Å². The summed E-state index contributed by atoms with van der Waals surface area (Å²) in [5.41, 5.74) is 0.991. The monoisotopic (exact) mass is 256 g/mol. The molecule has 0 amide bonds. The van der Waals surface area contributed by atoms with Crippen LogP contribution >= 0.6 is 15.9 Å². The average Bonchev–Trinajstić information content (AvgIpc) is 2.16. The summed E-state index contributed by atoms with van der Waals surface area (Å²) in [6.45, 7) is 1.71. The van der Waals surface area contributed by atoms with E-state index >= 15 is 0 Å². The van der Waals surface area contributed by atoms with Crippen molar-refractivity contribution in [2.24, 2.45) is 0 Å². The molecule has 0 aliphatic rings. The van der Waals surface area contributed by atoms with Gasteiger partial charge in [0.05, 0.1) is 13.2 Å². The molecule has 0 fully saturated rings. The minimum atomic E-state index is -0.437. The second kappa shape index (κ2) is 5.17. The van der Waals surface area contributed by atoms with Gasteiger partial charge in [-0.1, -0.05) is 28.1 Å². The molecule has 14 heavy (non-hydrogen) atoms. The normalized spacial score (nSPS) is 13.1. The smallest absolute Gasteiger partial charge is 0.119 e. The highest BCUT2D eigenvalue weighted by Crippen LogP contribution is 2.23. The van der Waals surface area contributed by atoms with Crippen molar-refractivity contribution in [2.75, 3.05) is 7.11 Å². The van der Waals surface area contributed by atoms with Crippen molar-refractivity contribution in [1.29, 1.82) is 0 Å². The molecule has 0 unspecified atom stereocenters. The summed E-state index contributed by atoms with van der Waals surface area (Å²) in [6, 6.07) is 5.70. The van der Waals surface area contributed by atoms with E-state index in [0.29, 0.717) is 0 Å². The van der Waals surface area contributed by atoms with Gasteiger partial charge in [-0.2, -0.15) is 0 Å². The van der Waals surface area contributed by atoms with Crippen LogP contribution in [0.25, 0.3) is 6.08 Å². The molecule has 1 aromatic carbocycles. The summed E-state index contributed by atoms with van der Waals surface area (Å²) < 4.78 is 6.08. The summed E-state index contributed by atoms with van der Waals surface area (Å²) in [4.78, 5) is 0. The third kappa shape index (κ3) is 3.16. The van der Waals surface area contributed by atoms with E-state index in [0.717, 1.165) is 15.8 Å². The fourth-order valence-corrected chi connectivity index (χ4v) is 1.40. The Morgan fingerprint density at radius 1 is 1.50 bits per heavy atom. The first-order valence-corrected chi connectivity index (χ1v) is 5.12. The lowest BCUT2D eigenvalue weighted by molar-refractivity contribution is 0.245. The van der Waals surface area contributed by atoms with E-state index in [1.807, 2.05) is 24.3 Å². The van der Waals surface area contributed by atoms with Gasteiger partial charge in [0.25, 0.3) is 0 Å². The predicted octanol–water partition coefficient (Wildman–Crippen LogP) is 2.85. The van der Waals surface area contributed by atoms with E-state index in [1.165, 1.54) is 0 Å². The summed E-state index contributed by atoms with van der Waals surface area (Å²) in [5.74, 6) is 0.804. The first-order valence-electron chi connectivity index (χ1n) is 4.33. The number of rotatable bonds is 3. The molecule has 0 saturated heterocycles. The Morgan fingerprint density at radius 2 is 2.21 bits per heavy atom. The van der Waals surface area contributed by atoms with Gasteiger partial charge in [0.2, 0.25) is 0 Å². The van der Waals surface area contributed by atoms with Crippen LogP contribution in [0.5, 0.6) is 5.75 Å². The Balaban J connectivity index is 2.94. The molecule has 2 nitrogen and oxygen atoms in total. The van der Waals surface area contributed by atoms with Crippen LogP contribution in [0.3, 0.4) is 0 Å². The minimum Gasteiger partial charge on any atom is -0.497 e. The van der Waals surface area contributed by atoms with Gasteiger partial charge in [-0.3, -0.25) is 0 Å². The van der Waals surface area contributed by atoms with E-state index in [2.05, 4.69) is 15.9 Å². The van der Waals surface area contributed by atoms with Crippen molar-refractivity contribution in [3.05, 3.63) is 34.3 Å². The molecule has 76 valence electrons. The van der Waals surface area contributed by atoms with Gasteiger partial charge in [-0.15, -0.1) is 0 Å².